The van der Waals surface area contributed by atoms with Gasteiger partial charge in [0.1, 0.15) is 6.04 Å². The Hall–Kier alpha value is -1.75. The Balaban J connectivity index is 1.65. The smallest absolute Gasteiger partial charge is 0.315 e. The zero-order valence-corrected chi connectivity index (χ0v) is 11.2. The topological polar surface area (TPSA) is 70.2 Å². The van der Waals surface area contributed by atoms with Gasteiger partial charge in [-0.2, -0.15) is 0 Å². The monoisotopic (exact) mass is 281 g/mol. The molecule has 0 radical (unpaired) electrons. The highest BCUT2D eigenvalue weighted by Crippen LogP contribution is 2.10. The van der Waals surface area contributed by atoms with E-state index in [1.54, 1.807) is 0 Å². The van der Waals surface area contributed by atoms with Gasteiger partial charge in [0.25, 0.3) is 0 Å². The molecular formula is C13H16ClN3O2. The Morgan fingerprint density at radius 2 is 2.11 bits per heavy atom. The van der Waals surface area contributed by atoms with Gasteiger partial charge in [0.2, 0.25) is 5.91 Å². The van der Waals surface area contributed by atoms with Gasteiger partial charge in [0, 0.05) is 18.1 Å². The molecule has 6 heteroatoms. The standard InChI is InChI=1S/C13H16ClN3O2/c14-10-5-3-9(4-6-10)2-1-7-15-12(18)11-8-16-13(19)17-11/h3-6,11H,1-2,7-8H2,(H,15,18)(H2,16,17,19)/t11-/m0/s1. The van der Waals surface area contributed by atoms with Gasteiger partial charge in [-0.05, 0) is 30.5 Å². The number of carbonyl (C=O) groups excluding carboxylic acids is 2. The maximum absolute atomic E-state index is 11.7. The van der Waals surface area contributed by atoms with E-state index in [0.29, 0.717) is 13.1 Å². The van der Waals surface area contributed by atoms with Crippen LogP contribution in [0, 0.1) is 0 Å². The van der Waals surface area contributed by atoms with E-state index in [2.05, 4.69) is 16.0 Å². The number of hydrogen-bond donors (Lipinski definition) is 3. The normalized spacial score (nSPS) is 17.7. The van der Waals surface area contributed by atoms with E-state index in [4.69, 9.17) is 11.6 Å². The van der Waals surface area contributed by atoms with Crippen molar-refractivity contribution in [2.45, 2.75) is 18.9 Å². The number of urea groups is 1. The molecule has 0 saturated carbocycles. The van der Waals surface area contributed by atoms with E-state index >= 15 is 0 Å². The molecule has 3 N–H and O–H groups in total. The lowest BCUT2D eigenvalue weighted by atomic mass is 10.1. The van der Waals surface area contributed by atoms with Gasteiger partial charge >= 0.3 is 6.03 Å². The number of aryl methyl sites for hydroxylation is 1. The fourth-order valence-electron chi connectivity index (χ4n) is 1.89. The second-order valence-electron chi connectivity index (χ2n) is 4.43. The molecule has 1 aliphatic rings. The highest BCUT2D eigenvalue weighted by Gasteiger charge is 2.25. The minimum absolute atomic E-state index is 0.144. The lowest BCUT2D eigenvalue weighted by Crippen LogP contribution is -2.43. The molecule has 1 aromatic carbocycles. The van der Waals surface area contributed by atoms with E-state index in [9.17, 15) is 9.59 Å². The summed E-state index contributed by atoms with van der Waals surface area (Å²) in [5, 5.41) is 8.62. The molecule has 1 aliphatic heterocycles. The molecule has 0 aliphatic carbocycles. The first kappa shape index (κ1) is 13.7. The first-order valence-electron chi connectivity index (χ1n) is 6.21. The van der Waals surface area contributed by atoms with Gasteiger partial charge in [-0.3, -0.25) is 4.79 Å². The molecule has 1 saturated heterocycles. The van der Waals surface area contributed by atoms with E-state index in [1.165, 1.54) is 5.56 Å². The van der Waals surface area contributed by atoms with Crippen molar-refractivity contribution in [1.82, 2.24) is 16.0 Å². The maximum Gasteiger partial charge on any atom is 0.315 e. The Bertz CT molecular complexity index is 461. The van der Waals surface area contributed by atoms with Crippen molar-refractivity contribution < 1.29 is 9.59 Å². The Morgan fingerprint density at radius 3 is 2.74 bits per heavy atom. The average Bonchev–Trinajstić information content (AvgIpc) is 2.83. The molecule has 1 aromatic rings. The van der Waals surface area contributed by atoms with Gasteiger partial charge in [-0.25, -0.2) is 4.79 Å². The summed E-state index contributed by atoms with van der Waals surface area (Å²) >= 11 is 5.80. The molecule has 3 amide bonds. The number of halogens is 1. The molecule has 0 aromatic heterocycles. The number of hydrogen-bond acceptors (Lipinski definition) is 2. The van der Waals surface area contributed by atoms with Crippen LogP contribution in [0.5, 0.6) is 0 Å². The van der Waals surface area contributed by atoms with Crippen LogP contribution in [0.1, 0.15) is 12.0 Å². The van der Waals surface area contributed by atoms with Crippen LogP contribution in [0.3, 0.4) is 0 Å². The molecule has 1 heterocycles. The van der Waals surface area contributed by atoms with Crippen LogP contribution in [-0.4, -0.2) is 31.1 Å². The Labute approximate surface area is 116 Å². The van der Waals surface area contributed by atoms with Crippen LogP contribution in [0.2, 0.25) is 5.02 Å². The minimum atomic E-state index is -0.456. The van der Waals surface area contributed by atoms with Gasteiger partial charge < -0.3 is 16.0 Å². The van der Waals surface area contributed by atoms with Crippen molar-refractivity contribution in [2.75, 3.05) is 13.1 Å². The summed E-state index contributed by atoms with van der Waals surface area (Å²) in [4.78, 5) is 22.6. The second-order valence-corrected chi connectivity index (χ2v) is 4.86. The van der Waals surface area contributed by atoms with Crippen molar-refractivity contribution in [1.29, 1.82) is 0 Å². The summed E-state index contributed by atoms with van der Waals surface area (Å²) in [7, 11) is 0. The van der Waals surface area contributed by atoms with Crippen LogP contribution in [0.15, 0.2) is 24.3 Å². The summed E-state index contributed by atoms with van der Waals surface area (Å²) in [5.41, 5.74) is 1.19. The summed E-state index contributed by atoms with van der Waals surface area (Å²) in [5.74, 6) is -0.144. The fourth-order valence-corrected chi connectivity index (χ4v) is 2.02. The van der Waals surface area contributed by atoms with Gasteiger partial charge in [0.05, 0.1) is 0 Å². The molecule has 0 unspecified atom stereocenters. The molecule has 0 bridgehead atoms. The summed E-state index contributed by atoms with van der Waals surface area (Å²) in [6, 6.07) is 6.92. The minimum Gasteiger partial charge on any atom is -0.354 e. The number of carbonyl (C=O) groups is 2. The third-order valence-corrected chi connectivity index (χ3v) is 3.20. The first-order chi connectivity index (χ1) is 9.15. The van der Waals surface area contributed by atoms with E-state index in [-0.39, 0.29) is 11.9 Å². The SMILES string of the molecule is O=C1NC[C@@H](C(=O)NCCCc2ccc(Cl)cc2)N1. The summed E-state index contributed by atoms with van der Waals surface area (Å²) in [6.07, 6.45) is 1.73. The third-order valence-electron chi connectivity index (χ3n) is 2.94. The molecule has 0 spiro atoms. The third kappa shape index (κ3) is 4.13. The predicted molar refractivity (Wildman–Crippen MR) is 73.1 cm³/mol. The fraction of sp³-hybridized carbons (Fsp3) is 0.385. The molecule has 5 nitrogen and oxygen atoms in total. The summed E-state index contributed by atoms with van der Waals surface area (Å²) in [6.45, 7) is 0.940. The van der Waals surface area contributed by atoms with Crippen LogP contribution >= 0.6 is 11.6 Å². The highest BCUT2D eigenvalue weighted by atomic mass is 35.5. The quantitative estimate of drug-likeness (QED) is 0.707. The van der Waals surface area contributed by atoms with Gasteiger partial charge in [0.15, 0.2) is 0 Å². The van der Waals surface area contributed by atoms with Crippen LogP contribution in [0.25, 0.3) is 0 Å². The Morgan fingerprint density at radius 1 is 1.37 bits per heavy atom. The lowest BCUT2D eigenvalue weighted by Gasteiger charge is -2.09. The van der Waals surface area contributed by atoms with Gasteiger partial charge in [-0.1, -0.05) is 23.7 Å². The molecule has 1 fully saturated rings. The number of rotatable bonds is 5. The van der Waals surface area contributed by atoms with Crippen molar-refractivity contribution in [3.63, 3.8) is 0 Å². The zero-order valence-electron chi connectivity index (χ0n) is 10.4. The van der Waals surface area contributed by atoms with Gasteiger partial charge in [-0.15, -0.1) is 0 Å². The first-order valence-corrected chi connectivity index (χ1v) is 6.59. The van der Waals surface area contributed by atoms with Crippen LogP contribution in [0.4, 0.5) is 4.79 Å². The molecular weight excluding hydrogens is 266 g/mol. The van der Waals surface area contributed by atoms with Crippen molar-refractivity contribution in [3.8, 4) is 0 Å². The summed E-state index contributed by atoms with van der Waals surface area (Å²) < 4.78 is 0. The Kier molecular flexibility index (Phi) is 4.63. The number of nitrogens with one attached hydrogen (secondary N) is 3. The zero-order chi connectivity index (χ0) is 13.7. The number of benzene rings is 1. The second kappa shape index (κ2) is 6.43. The van der Waals surface area contributed by atoms with Crippen molar-refractivity contribution in [3.05, 3.63) is 34.9 Å². The largest absolute Gasteiger partial charge is 0.354 e. The molecule has 19 heavy (non-hydrogen) atoms. The van der Waals surface area contributed by atoms with E-state index < -0.39 is 6.04 Å². The van der Waals surface area contributed by atoms with Crippen LogP contribution in [-0.2, 0) is 11.2 Å². The van der Waals surface area contributed by atoms with Crippen molar-refractivity contribution in [2.24, 2.45) is 0 Å². The molecule has 2 rings (SSSR count). The number of amides is 3. The van der Waals surface area contributed by atoms with E-state index in [0.717, 1.165) is 17.9 Å². The predicted octanol–water partition coefficient (Wildman–Crippen LogP) is 1.07. The maximum atomic E-state index is 11.7. The average molecular weight is 282 g/mol. The van der Waals surface area contributed by atoms with Crippen LogP contribution < -0.4 is 16.0 Å². The van der Waals surface area contributed by atoms with Crippen molar-refractivity contribution >= 4 is 23.5 Å². The highest BCUT2D eigenvalue weighted by molar-refractivity contribution is 6.30. The molecule has 102 valence electrons. The van der Waals surface area contributed by atoms with E-state index in [1.807, 2.05) is 24.3 Å². The lowest BCUT2D eigenvalue weighted by molar-refractivity contribution is -0.122. The molecule has 1 atom stereocenters.